The Morgan fingerprint density at radius 1 is 1.09 bits per heavy atom. The summed E-state index contributed by atoms with van der Waals surface area (Å²) in [4.78, 5) is 11.9. The summed E-state index contributed by atoms with van der Waals surface area (Å²) >= 11 is 0. The first-order valence-corrected chi connectivity index (χ1v) is 6.67. The number of amides is 1. The quantitative estimate of drug-likeness (QED) is 0.848. The largest absolute Gasteiger partial charge is 0.386 e. The Morgan fingerprint density at radius 2 is 1.70 bits per heavy atom. The van der Waals surface area contributed by atoms with Crippen LogP contribution in [0.1, 0.15) is 27.6 Å². The van der Waals surface area contributed by atoms with Crippen LogP contribution in [-0.4, -0.2) is 17.6 Å². The zero-order valence-corrected chi connectivity index (χ0v) is 12.0. The Hall–Kier alpha value is -2.41. The first kappa shape index (κ1) is 17.0. The number of hydrogen-bond acceptors (Lipinski definition) is 2. The molecule has 7 heteroatoms. The molecule has 0 heterocycles. The number of halogens is 4. The standard InChI is InChI=1S/C16H13F4NO2/c1-8-5-9(13(20)6-12(8)19)16(23)21-7-14(22)15-10(17)3-2-4-11(15)18/h2-6,14,22H,7H2,1H3,(H,21,23). The number of benzene rings is 2. The highest BCUT2D eigenvalue weighted by atomic mass is 19.1. The van der Waals surface area contributed by atoms with Crippen molar-refractivity contribution in [3.63, 3.8) is 0 Å². The molecule has 122 valence electrons. The van der Waals surface area contributed by atoms with Gasteiger partial charge in [-0.1, -0.05) is 6.07 Å². The smallest absolute Gasteiger partial charge is 0.254 e. The van der Waals surface area contributed by atoms with Gasteiger partial charge in [0.25, 0.3) is 5.91 Å². The second-order valence-electron chi connectivity index (χ2n) is 4.94. The van der Waals surface area contributed by atoms with Crippen LogP contribution < -0.4 is 5.32 Å². The molecule has 2 rings (SSSR count). The molecular weight excluding hydrogens is 314 g/mol. The number of carbonyl (C=O) groups is 1. The van der Waals surface area contributed by atoms with Crippen LogP contribution in [-0.2, 0) is 0 Å². The van der Waals surface area contributed by atoms with Crippen molar-refractivity contribution >= 4 is 5.91 Å². The first-order chi connectivity index (χ1) is 10.8. The van der Waals surface area contributed by atoms with Crippen LogP contribution in [0.25, 0.3) is 0 Å². The number of aliphatic hydroxyl groups excluding tert-OH is 1. The average molecular weight is 327 g/mol. The average Bonchev–Trinajstić information content (AvgIpc) is 2.48. The Bertz CT molecular complexity index is 729. The maximum Gasteiger partial charge on any atom is 0.254 e. The number of rotatable bonds is 4. The third kappa shape index (κ3) is 3.68. The van der Waals surface area contributed by atoms with Crippen LogP contribution >= 0.6 is 0 Å². The summed E-state index contributed by atoms with van der Waals surface area (Å²) in [5.74, 6) is -4.72. The van der Waals surface area contributed by atoms with Gasteiger partial charge in [-0.2, -0.15) is 0 Å². The summed E-state index contributed by atoms with van der Waals surface area (Å²) in [5.41, 5.74) is -0.953. The minimum atomic E-state index is -1.65. The molecule has 0 aliphatic heterocycles. The number of aliphatic hydroxyl groups is 1. The van der Waals surface area contributed by atoms with Gasteiger partial charge in [-0.05, 0) is 30.7 Å². The lowest BCUT2D eigenvalue weighted by Crippen LogP contribution is -2.30. The van der Waals surface area contributed by atoms with E-state index in [1.165, 1.54) is 6.92 Å². The van der Waals surface area contributed by atoms with E-state index >= 15 is 0 Å². The number of hydrogen-bond donors (Lipinski definition) is 2. The van der Waals surface area contributed by atoms with E-state index < -0.39 is 53.0 Å². The van der Waals surface area contributed by atoms with Crippen molar-refractivity contribution in [2.45, 2.75) is 13.0 Å². The summed E-state index contributed by atoms with van der Waals surface area (Å²) in [5, 5.41) is 12.0. The maximum atomic E-state index is 13.6. The predicted octanol–water partition coefficient (Wildman–Crippen LogP) is 3.01. The first-order valence-electron chi connectivity index (χ1n) is 6.67. The monoisotopic (exact) mass is 327 g/mol. The van der Waals surface area contributed by atoms with Crippen molar-refractivity contribution in [1.82, 2.24) is 5.32 Å². The molecule has 23 heavy (non-hydrogen) atoms. The number of aryl methyl sites for hydroxylation is 1. The molecule has 2 aromatic rings. The van der Waals surface area contributed by atoms with Crippen molar-refractivity contribution < 1.29 is 27.5 Å². The molecule has 0 saturated carbocycles. The molecular formula is C16H13F4NO2. The second-order valence-corrected chi connectivity index (χ2v) is 4.94. The number of nitrogens with one attached hydrogen (secondary N) is 1. The zero-order chi connectivity index (χ0) is 17.1. The topological polar surface area (TPSA) is 49.3 Å². The van der Waals surface area contributed by atoms with Crippen LogP contribution in [0.5, 0.6) is 0 Å². The molecule has 1 amide bonds. The molecule has 0 aliphatic rings. The molecule has 0 saturated heterocycles. The van der Waals surface area contributed by atoms with Crippen molar-refractivity contribution in [3.8, 4) is 0 Å². The van der Waals surface area contributed by atoms with E-state index in [0.29, 0.717) is 6.07 Å². The van der Waals surface area contributed by atoms with Crippen LogP contribution in [0, 0.1) is 30.2 Å². The lowest BCUT2D eigenvalue weighted by Gasteiger charge is -2.14. The van der Waals surface area contributed by atoms with Gasteiger partial charge in [0.1, 0.15) is 29.4 Å². The van der Waals surface area contributed by atoms with Gasteiger partial charge in [-0.25, -0.2) is 17.6 Å². The van der Waals surface area contributed by atoms with Crippen LogP contribution in [0.15, 0.2) is 30.3 Å². The Balaban J connectivity index is 2.12. The maximum absolute atomic E-state index is 13.6. The summed E-state index contributed by atoms with van der Waals surface area (Å²) in [6, 6.07) is 4.64. The fourth-order valence-corrected chi connectivity index (χ4v) is 2.05. The minimum Gasteiger partial charge on any atom is -0.386 e. The van der Waals surface area contributed by atoms with Gasteiger partial charge in [-0.3, -0.25) is 4.79 Å². The third-order valence-corrected chi connectivity index (χ3v) is 3.28. The summed E-state index contributed by atoms with van der Waals surface area (Å²) in [6.07, 6.45) is -1.65. The van der Waals surface area contributed by atoms with Crippen LogP contribution in [0.4, 0.5) is 17.6 Å². The molecule has 0 fully saturated rings. The van der Waals surface area contributed by atoms with Gasteiger partial charge in [-0.15, -0.1) is 0 Å². The van der Waals surface area contributed by atoms with E-state index in [9.17, 15) is 27.5 Å². The highest BCUT2D eigenvalue weighted by Crippen LogP contribution is 2.20. The van der Waals surface area contributed by atoms with Gasteiger partial charge in [0.05, 0.1) is 11.1 Å². The van der Waals surface area contributed by atoms with E-state index in [0.717, 1.165) is 24.3 Å². The van der Waals surface area contributed by atoms with E-state index in [4.69, 9.17) is 0 Å². The predicted molar refractivity (Wildman–Crippen MR) is 74.7 cm³/mol. The van der Waals surface area contributed by atoms with Gasteiger partial charge >= 0.3 is 0 Å². The molecule has 0 radical (unpaired) electrons. The SMILES string of the molecule is Cc1cc(C(=O)NCC(O)c2c(F)cccc2F)c(F)cc1F. The van der Waals surface area contributed by atoms with E-state index in [-0.39, 0.29) is 5.56 Å². The van der Waals surface area contributed by atoms with Crippen molar-refractivity contribution in [2.24, 2.45) is 0 Å². The summed E-state index contributed by atoms with van der Waals surface area (Å²) in [7, 11) is 0. The minimum absolute atomic E-state index is 0.0669. The Morgan fingerprint density at radius 3 is 2.30 bits per heavy atom. The molecule has 0 bridgehead atoms. The highest BCUT2D eigenvalue weighted by Gasteiger charge is 2.20. The van der Waals surface area contributed by atoms with E-state index in [1.54, 1.807) is 0 Å². The normalized spacial score (nSPS) is 12.1. The van der Waals surface area contributed by atoms with Gasteiger partial charge < -0.3 is 10.4 Å². The highest BCUT2D eigenvalue weighted by molar-refractivity contribution is 5.94. The lowest BCUT2D eigenvalue weighted by molar-refractivity contribution is 0.0907. The van der Waals surface area contributed by atoms with Crippen LogP contribution in [0.2, 0.25) is 0 Å². The molecule has 3 nitrogen and oxygen atoms in total. The number of carbonyl (C=O) groups excluding carboxylic acids is 1. The van der Waals surface area contributed by atoms with Gasteiger partial charge in [0.15, 0.2) is 0 Å². The zero-order valence-electron chi connectivity index (χ0n) is 12.0. The van der Waals surface area contributed by atoms with Crippen LogP contribution in [0.3, 0.4) is 0 Å². The molecule has 0 aromatic heterocycles. The molecule has 2 N–H and O–H groups in total. The van der Waals surface area contributed by atoms with Gasteiger partial charge in [0, 0.05) is 12.6 Å². The van der Waals surface area contributed by atoms with E-state index in [2.05, 4.69) is 5.32 Å². The van der Waals surface area contributed by atoms with Crippen molar-refractivity contribution in [3.05, 3.63) is 70.3 Å². The molecule has 0 spiro atoms. The molecule has 1 atom stereocenters. The fraction of sp³-hybridized carbons (Fsp3) is 0.188. The Kier molecular flexibility index (Phi) is 5.00. The second kappa shape index (κ2) is 6.78. The van der Waals surface area contributed by atoms with Gasteiger partial charge in [0.2, 0.25) is 0 Å². The Labute approximate surface area is 129 Å². The fourth-order valence-electron chi connectivity index (χ4n) is 2.05. The third-order valence-electron chi connectivity index (χ3n) is 3.28. The summed E-state index contributed by atoms with van der Waals surface area (Å²) < 4.78 is 53.7. The summed E-state index contributed by atoms with van der Waals surface area (Å²) in [6.45, 7) is 0.821. The van der Waals surface area contributed by atoms with E-state index in [1.807, 2.05) is 0 Å². The van der Waals surface area contributed by atoms with Crippen molar-refractivity contribution in [1.29, 1.82) is 0 Å². The molecule has 2 aromatic carbocycles. The molecule has 1 unspecified atom stereocenters. The van der Waals surface area contributed by atoms with Crippen molar-refractivity contribution in [2.75, 3.05) is 6.54 Å². The lowest BCUT2D eigenvalue weighted by atomic mass is 10.1. The molecule has 0 aliphatic carbocycles.